The first-order valence-electron chi connectivity index (χ1n) is 10.4. The van der Waals surface area contributed by atoms with Gasteiger partial charge in [0.25, 0.3) is 0 Å². The monoisotopic (exact) mass is 422 g/mol. The van der Waals surface area contributed by atoms with Crippen molar-refractivity contribution in [2.24, 2.45) is 0 Å². The molecule has 4 aromatic rings. The van der Waals surface area contributed by atoms with Crippen molar-refractivity contribution in [2.75, 3.05) is 0 Å². The number of halogens is 3. The molecule has 1 heterocycles. The molecule has 0 spiro atoms. The van der Waals surface area contributed by atoms with Crippen LogP contribution in [-0.4, -0.2) is 9.97 Å². The lowest BCUT2D eigenvalue weighted by molar-refractivity contribution is -0.137. The molecule has 0 saturated carbocycles. The maximum Gasteiger partial charge on any atom is 0.418 e. The van der Waals surface area contributed by atoms with Gasteiger partial charge in [-0.25, -0.2) is 9.97 Å². The first kappa shape index (κ1) is 21.3. The summed E-state index contributed by atoms with van der Waals surface area (Å²) < 4.78 is 41.8. The molecular weight excluding hydrogens is 397 g/mol. The van der Waals surface area contributed by atoms with E-state index in [0.717, 1.165) is 27.5 Å². The molecule has 0 N–H and O–H groups in total. The number of aromatic nitrogens is 2. The van der Waals surface area contributed by atoms with Crippen molar-refractivity contribution in [1.82, 2.24) is 9.97 Å². The average Bonchev–Trinajstić information content (AvgIpc) is 2.71. The molecule has 0 fully saturated rings. The van der Waals surface area contributed by atoms with E-state index < -0.39 is 11.7 Å². The van der Waals surface area contributed by atoms with Gasteiger partial charge >= 0.3 is 6.18 Å². The Morgan fingerprint density at radius 3 is 2.16 bits per heavy atom. The molecule has 4 rings (SSSR count). The first-order valence-corrected chi connectivity index (χ1v) is 10.4. The predicted octanol–water partition coefficient (Wildman–Crippen LogP) is 7.64. The molecule has 160 valence electrons. The zero-order valence-electron chi connectivity index (χ0n) is 18.4. The van der Waals surface area contributed by atoms with Crippen molar-refractivity contribution in [2.45, 2.75) is 52.6 Å². The molecular formula is C26H25F3N2. The third-order valence-corrected chi connectivity index (χ3v) is 5.93. The van der Waals surface area contributed by atoms with Crippen LogP contribution >= 0.6 is 0 Å². The summed E-state index contributed by atoms with van der Waals surface area (Å²) in [5.74, 6) is 0. The second-order valence-electron chi connectivity index (χ2n) is 8.96. The van der Waals surface area contributed by atoms with Crippen molar-refractivity contribution in [3.05, 3.63) is 71.0 Å². The van der Waals surface area contributed by atoms with Gasteiger partial charge in [-0.3, -0.25) is 0 Å². The number of nitrogens with zero attached hydrogens (tertiary/aromatic N) is 2. The van der Waals surface area contributed by atoms with Gasteiger partial charge in [0.1, 0.15) is 6.33 Å². The van der Waals surface area contributed by atoms with E-state index in [4.69, 9.17) is 0 Å². The number of hydrogen-bond donors (Lipinski definition) is 0. The number of rotatable bonds is 2. The van der Waals surface area contributed by atoms with Crippen LogP contribution in [0.4, 0.5) is 13.2 Å². The molecule has 0 unspecified atom stereocenters. The van der Waals surface area contributed by atoms with Crippen LogP contribution in [0.2, 0.25) is 0 Å². The third-order valence-electron chi connectivity index (χ3n) is 5.93. The summed E-state index contributed by atoms with van der Waals surface area (Å²) in [6, 6.07) is 13.5. The molecule has 0 saturated heterocycles. The third kappa shape index (κ3) is 3.56. The number of fused-ring (bicyclic) bond motifs is 2. The number of benzene rings is 3. The van der Waals surface area contributed by atoms with E-state index in [0.29, 0.717) is 11.1 Å². The Labute approximate surface area is 180 Å². The van der Waals surface area contributed by atoms with Gasteiger partial charge in [0, 0.05) is 10.9 Å². The van der Waals surface area contributed by atoms with Crippen LogP contribution in [0.25, 0.3) is 32.9 Å². The van der Waals surface area contributed by atoms with Crippen LogP contribution < -0.4 is 0 Å². The summed E-state index contributed by atoms with van der Waals surface area (Å²) in [5.41, 5.74) is 2.91. The van der Waals surface area contributed by atoms with Crippen LogP contribution in [0, 0.1) is 6.92 Å². The summed E-state index contributed by atoms with van der Waals surface area (Å²) in [5, 5.41) is 2.65. The van der Waals surface area contributed by atoms with E-state index in [9.17, 15) is 13.2 Å². The molecule has 0 aliphatic carbocycles. The van der Waals surface area contributed by atoms with Gasteiger partial charge in [0.15, 0.2) is 0 Å². The summed E-state index contributed by atoms with van der Waals surface area (Å²) in [6.07, 6.45) is -2.95. The summed E-state index contributed by atoms with van der Waals surface area (Å²) >= 11 is 0. The SMILES string of the molecule is CCc1ccc2c(-c3cc(C(C)(C)C)c4ccccc4c3C)ncnc2c1C(F)(F)F. The van der Waals surface area contributed by atoms with Crippen molar-refractivity contribution < 1.29 is 13.2 Å². The molecule has 0 radical (unpaired) electrons. The Morgan fingerprint density at radius 2 is 1.55 bits per heavy atom. The fourth-order valence-corrected chi connectivity index (χ4v) is 4.38. The van der Waals surface area contributed by atoms with Gasteiger partial charge < -0.3 is 0 Å². The maximum absolute atomic E-state index is 13.9. The fourth-order valence-electron chi connectivity index (χ4n) is 4.38. The molecule has 1 aromatic heterocycles. The molecule has 5 heteroatoms. The average molecular weight is 422 g/mol. The van der Waals surface area contributed by atoms with E-state index in [1.165, 1.54) is 6.33 Å². The zero-order valence-corrected chi connectivity index (χ0v) is 18.4. The smallest absolute Gasteiger partial charge is 0.236 e. The Balaban J connectivity index is 2.13. The fraction of sp³-hybridized carbons (Fsp3) is 0.308. The minimum atomic E-state index is -4.48. The Kier molecular flexibility index (Phi) is 5.03. The maximum atomic E-state index is 13.9. The number of alkyl halides is 3. The number of hydrogen-bond acceptors (Lipinski definition) is 2. The van der Waals surface area contributed by atoms with Crippen molar-refractivity contribution >= 4 is 21.7 Å². The lowest BCUT2D eigenvalue weighted by atomic mass is 9.80. The highest BCUT2D eigenvalue weighted by atomic mass is 19.4. The summed E-state index contributed by atoms with van der Waals surface area (Å²) in [4.78, 5) is 8.54. The van der Waals surface area contributed by atoms with Crippen LogP contribution in [0.15, 0.2) is 48.8 Å². The quantitative estimate of drug-likeness (QED) is 0.332. The lowest BCUT2D eigenvalue weighted by Gasteiger charge is -2.24. The van der Waals surface area contributed by atoms with E-state index in [1.54, 1.807) is 19.1 Å². The first-order chi connectivity index (χ1) is 14.5. The van der Waals surface area contributed by atoms with Crippen molar-refractivity contribution in [3.63, 3.8) is 0 Å². The van der Waals surface area contributed by atoms with E-state index in [2.05, 4.69) is 48.9 Å². The van der Waals surface area contributed by atoms with Crippen LogP contribution in [0.1, 0.15) is 49.9 Å². The van der Waals surface area contributed by atoms with Gasteiger partial charge in [0.2, 0.25) is 0 Å². The minimum absolute atomic E-state index is 0.0401. The van der Waals surface area contributed by atoms with Crippen LogP contribution in [0.5, 0.6) is 0 Å². The van der Waals surface area contributed by atoms with Crippen molar-refractivity contribution in [1.29, 1.82) is 0 Å². The van der Waals surface area contributed by atoms with E-state index in [1.807, 2.05) is 19.1 Å². The zero-order chi connectivity index (χ0) is 22.6. The summed E-state index contributed by atoms with van der Waals surface area (Å²) in [7, 11) is 0. The predicted molar refractivity (Wildman–Crippen MR) is 120 cm³/mol. The van der Waals surface area contributed by atoms with Crippen molar-refractivity contribution in [3.8, 4) is 11.3 Å². The molecule has 0 bridgehead atoms. The highest BCUT2D eigenvalue weighted by Crippen LogP contribution is 2.42. The number of aryl methyl sites for hydroxylation is 2. The molecule has 0 aliphatic rings. The minimum Gasteiger partial charge on any atom is -0.236 e. The highest BCUT2D eigenvalue weighted by molar-refractivity contribution is 6.00. The second kappa shape index (κ2) is 7.33. The molecule has 31 heavy (non-hydrogen) atoms. The van der Waals surface area contributed by atoms with Gasteiger partial charge in [-0.2, -0.15) is 13.2 Å². The van der Waals surface area contributed by atoms with E-state index >= 15 is 0 Å². The largest absolute Gasteiger partial charge is 0.418 e. The Hall–Kier alpha value is -2.95. The molecule has 2 nitrogen and oxygen atoms in total. The second-order valence-corrected chi connectivity index (χ2v) is 8.96. The van der Waals surface area contributed by atoms with Gasteiger partial charge in [-0.15, -0.1) is 0 Å². The molecule has 3 aromatic carbocycles. The van der Waals surface area contributed by atoms with E-state index in [-0.39, 0.29) is 22.9 Å². The van der Waals surface area contributed by atoms with Crippen LogP contribution in [0.3, 0.4) is 0 Å². The normalized spacial score (nSPS) is 12.6. The lowest BCUT2D eigenvalue weighted by Crippen LogP contribution is -2.13. The summed E-state index contributed by atoms with van der Waals surface area (Å²) in [6.45, 7) is 10.1. The molecule has 0 atom stereocenters. The van der Waals surface area contributed by atoms with Crippen LogP contribution in [-0.2, 0) is 18.0 Å². The highest BCUT2D eigenvalue weighted by Gasteiger charge is 2.36. The molecule has 0 aliphatic heterocycles. The van der Waals surface area contributed by atoms with Gasteiger partial charge in [-0.05, 0) is 52.3 Å². The van der Waals surface area contributed by atoms with Gasteiger partial charge in [0.05, 0.1) is 16.8 Å². The molecule has 0 amide bonds. The standard InChI is InChI=1S/C26H25F3N2/c1-6-16-11-12-19-23(30-14-31-24(19)22(16)26(27,28)29)20-13-21(25(3,4)5)18-10-8-7-9-17(18)15(20)2/h7-14H,6H2,1-5H3. The topological polar surface area (TPSA) is 25.8 Å². The Morgan fingerprint density at radius 1 is 0.871 bits per heavy atom. The van der Waals surface area contributed by atoms with Gasteiger partial charge in [-0.1, -0.05) is 64.1 Å². The Bertz CT molecular complexity index is 1300.